The molecule has 0 aliphatic heterocycles. The van der Waals surface area contributed by atoms with Crippen LogP contribution in [0.3, 0.4) is 0 Å². The molecule has 0 aromatic rings. The van der Waals surface area contributed by atoms with Gasteiger partial charge in [-0.05, 0) is 19.3 Å². The van der Waals surface area contributed by atoms with E-state index in [9.17, 15) is 0 Å². The zero-order valence-electron chi connectivity index (χ0n) is 6.79. The van der Waals surface area contributed by atoms with Crippen LogP contribution in [-0.2, 0) is 4.29 Å². The minimum Gasteiger partial charge on any atom is -0.273 e. The highest BCUT2D eigenvalue weighted by molar-refractivity contribution is 6.07. The Balaban J connectivity index is 4.14. The third kappa shape index (κ3) is 2.15. The Morgan fingerprint density at radius 1 is 1.00 bits per heavy atom. The summed E-state index contributed by atoms with van der Waals surface area (Å²) in [6.07, 6.45) is 0. The van der Waals surface area contributed by atoms with Crippen LogP contribution >= 0.6 is 11.9 Å². The largest absolute Gasteiger partial charge is 0.273 e. The summed E-state index contributed by atoms with van der Waals surface area (Å²) in [6, 6.07) is 0. The number of hydrogen-bond donors (Lipinski definition) is 0. The number of rotatable bonds is 1. The van der Waals surface area contributed by atoms with Gasteiger partial charge in [-0.3, -0.25) is 4.29 Å². The molecular formula is C7H15ClO. The molecule has 0 aliphatic carbocycles. The van der Waals surface area contributed by atoms with E-state index in [1.165, 1.54) is 0 Å². The van der Waals surface area contributed by atoms with Gasteiger partial charge in [0.15, 0.2) is 0 Å². The van der Waals surface area contributed by atoms with Crippen LogP contribution in [0.1, 0.15) is 34.6 Å². The summed E-state index contributed by atoms with van der Waals surface area (Å²) in [7, 11) is 0. The van der Waals surface area contributed by atoms with Gasteiger partial charge in [0.2, 0.25) is 0 Å². The molecule has 56 valence electrons. The molecule has 0 aromatic carbocycles. The number of halogens is 1. The summed E-state index contributed by atoms with van der Waals surface area (Å²) in [5.41, 5.74) is -0.163. The lowest BCUT2D eigenvalue weighted by Crippen LogP contribution is -2.36. The molecule has 0 heterocycles. The molecule has 0 rings (SSSR count). The topological polar surface area (TPSA) is 9.23 Å². The van der Waals surface area contributed by atoms with Crippen molar-refractivity contribution in [3.8, 4) is 0 Å². The van der Waals surface area contributed by atoms with Gasteiger partial charge in [-0.1, -0.05) is 20.8 Å². The van der Waals surface area contributed by atoms with Crippen LogP contribution in [0.5, 0.6) is 0 Å². The van der Waals surface area contributed by atoms with Gasteiger partial charge in [0.25, 0.3) is 0 Å². The molecule has 9 heavy (non-hydrogen) atoms. The fourth-order valence-corrected chi connectivity index (χ4v) is 0.347. The van der Waals surface area contributed by atoms with Crippen LogP contribution in [0.4, 0.5) is 0 Å². The van der Waals surface area contributed by atoms with Gasteiger partial charge in [-0.25, -0.2) is 0 Å². The van der Waals surface area contributed by atoms with Crippen molar-refractivity contribution in [2.75, 3.05) is 0 Å². The summed E-state index contributed by atoms with van der Waals surface area (Å²) in [5.74, 6) is 0. The van der Waals surface area contributed by atoms with Crippen molar-refractivity contribution in [1.82, 2.24) is 0 Å². The first-order valence-corrected chi connectivity index (χ1v) is 3.42. The molecule has 0 bridgehead atoms. The lowest BCUT2D eigenvalue weighted by atomic mass is 9.79. The van der Waals surface area contributed by atoms with Crippen molar-refractivity contribution in [2.45, 2.75) is 40.2 Å². The summed E-state index contributed by atoms with van der Waals surface area (Å²) < 4.78 is 4.77. The van der Waals surface area contributed by atoms with Gasteiger partial charge in [0, 0.05) is 0 Å². The molecule has 0 spiro atoms. The van der Waals surface area contributed by atoms with E-state index in [-0.39, 0.29) is 11.0 Å². The van der Waals surface area contributed by atoms with Crippen molar-refractivity contribution in [3.05, 3.63) is 0 Å². The maximum Gasteiger partial charge on any atom is 0.0889 e. The molecule has 0 N–H and O–H groups in total. The van der Waals surface area contributed by atoms with E-state index in [0.717, 1.165) is 0 Å². The van der Waals surface area contributed by atoms with Gasteiger partial charge in [-0.15, -0.1) is 0 Å². The van der Waals surface area contributed by atoms with E-state index in [1.54, 1.807) is 0 Å². The highest BCUT2D eigenvalue weighted by Gasteiger charge is 2.33. The average molecular weight is 151 g/mol. The van der Waals surface area contributed by atoms with Gasteiger partial charge >= 0.3 is 0 Å². The van der Waals surface area contributed by atoms with E-state index in [1.807, 2.05) is 13.8 Å². The Morgan fingerprint density at radius 2 is 1.33 bits per heavy atom. The Kier molecular flexibility index (Phi) is 2.54. The molecule has 2 heteroatoms. The SMILES string of the molecule is CC(C)(C)C(C)(C)OCl. The van der Waals surface area contributed by atoms with Crippen LogP contribution in [0.15, 0.2) is 0 Å². The second-order valence-electron chi connectivity index (χ2n) is 3.84. The minimum absolute atomic E-state index is 0.0920. The maximum atomic E-state index is 5.28. The Labute approximate surface area is 62.5 Å². The average Bonchev–Trinajstić information content (AvgIpc) is 1.64. The molecule has 0 radical (unpaired) electrons. The third-order valence-electron chi connectivity index (χ3n) is 2.00. The standard InChI is InChI=1S/C7H15ClO/c1-6(2,3)7(4,5)9-8/h1-5H3. The molecule has 0 aromatic heterocycles. The van der Waals surface area contributed by atoms with E-state index in [0.29, 0.717) is 0 Å². The van der Waals surface area contributed by atoms with Crippen LogP contribution in [0.25, 0.3) is 0 Å². The second-order valence-corrected chi connectivity index (χ2v) is 3.99. The van der Waals surface area contributed by atoms with Gasteiger partial charge in [0.1, 0.15) is 0 Å². The summed E-state index contributed by atoms with van der Waals surface area (Å²) in [6.45, 7) is 10.2. The Bertz CT molecular complexity index is 91.6. The van der Waals surface area contributed by atoms with E-state index < -0.39 is 0 Å². The van der Waals surface area contributed by atoms with Crippen molar-refractivity contribution >= 4 is 11.9 Å². The van der Waals surface area contributed by atoms with E-state index >= 15 is 0 Å². The fourth-order valence-electron chi connectivity index (χ4n) is 0.116. The Morgan fingerprint density at radius 3 is 1.33 bits per heavy atom. The molecule has 1 nitrogen and oxygen atoms in total. The summed E-state index contributed by atoms with van der Waals surface area (Å²) >= 11 is 5.28. The minimum atomic E-state index is -0.255. The normalized spacial score (nSPS) is 14.0. The summed E-state index contributed by atoms with van der Waals surface area (Å²) in [4.78, 5) is 0. The predicted molar refractivity (Wildman–Crippen MR) is 40.5 cm³/mol. The molecule has 0 amide bonds. The fraction of sp³-hybridized carbons (Fsp3) is 1.00. The molecular weight excluding hydrogens is 136 g/mol. The molecule has 0 atom stereocenters. The van der Waals surface area contributed by atoms with Crippen LogP contribution in [-0.4, -0.2) is 5.60 Å². The quantitative estimate of drug-likeness (QED) is 0.559. The van der Waals surface area contributed by atoms with Crippen molar-refractivity contribution in [3.63, 3.8) is 0 Å². The van der Waals surface area contributed by atoms with Gasteiger partial charge < -0.3 is 0 Å². The highest BCUT2D eigenvalue weighted by atomic mass is 35.5. The molecule has 0 unspecified atom stereocenters. The second kappa shape index (κ2) is 2.47. The zero-order chi connectivity index (χ0) is 7.71. The smallest absolute Gasteiger partial charge is 0.0889 e. The lowest BCUT2D eigenvalue weighted by Gasteiger charge is -2.35. The predicted octanol–water partition coefficient (Wildman–Crippen LogP) is 2.98. The van der Waals surface area contributed by atoms with Crippen LogP contribution < -0.4 is 0 Å². The van der Waals surface area contributed by atoms with E-state index in [2.05, 4.69) is 20.8 Å². The van der Waals surface area contributed by atoms with Crippen LogP contribution in [0.2, 0.25) is 0 Å². The third-order valence-corrected chi connectivity index (χ3v) is 2.38. The molecule has 0 aliphatic rings. The molecule has 0 saturated carbocycles. The van der Waals surface area contributed by atoms with Gasteiger partial charge in [-0.2, -0.15) is 0 Å². The summed E-state index contributed by atoms with van der Waals surface area (Å²) in [5, 5.41) is 0. The monoisotopic (exact) mass is 150 g/mol. The Hall–Kier alpha value is 0.250. The molecule has 0 saturated heterocycles. The van der Waals surface area contributed by atoms with E-state index in [4.69, 9.17) is 16.2 Å². The number of hydrogen-bond acceptors (Lipinski definition) is 1. The first-order valence-electron chi connectivity index (χ1n) is 3.11. The van der Waals surface area contributed by atoms with Crippen molar-refractivity contribution < 1.29 is 4.29 Å². The van der Waals surface area contributed by atoms with Crippen molar-refractivity contribution in [1.29, 1.82) is 0 Å². The zero-order valence-corrected chi connectivity index (χ0v) is 7.54. The maximum absolute atomic E-state index is 5.28. The van der Waals surface area contributed by atoms with Crippen molar-refractivity contribution in [2.24, 2.45) is 5.41 Å². The van der Waals surface area contributed by atoms with Gasteiger partial charge in [0.05, 0.1) is 17.5 Å². The first kappa shape index (κ1) is 9.25. The van der Waals surface area contributed by atoms with Crippen LogP contribution in [0, 0.1) is 5.41 Å². The highest BCUT2D eigenvalue weighted by Crippen LogP contribution is 2.33. The molecule has 0 fully saturated rings. The first-order chi connectivity index (χ1) is 3.81. The lowest BCUT2D eigenvalue weighted by molar-refractivity contribution is 0.00907.